The first-order valence-corrected chi connectivity index (χ1v) is 10.8. The third kappa shape index (κ3) is 4.80. The number of amides is 1. The molecule has 3 rings (SSSR count). The molecule has 144 valence electrons. The van der Waals surface area contributed by atoms with E-state index in [-0.39, 0.29) is 12.5 Å². The number of ether oxygens (including phenoxy) is 1. The first-order chi connectivity index (χ1) is 12.8. The number of fused-ring (bicyclic) bond motifs is 1. The molecule has 0 fully saturated rings. The molecule has 1 N–H and O–H groups in total. The zero-order valence-corrected chi connectivity index (χ0v) is 16.3. The standard InChI is InChI=1S/C20H24N2O4S/c1-15-7-5-8-16(13-15)9-6-12-21-20(23)19-14-22(27(2,24)25)17-10-3-4-11-18(17)26-19/h3-5,7-8,10-11,13,19H,6,9,12,14H2,1-2H3,(H,21,23)/t19-/m0/s1. The van der Waals surface area contributed by atoms with Crippen molar-refractivity contribution in [2.75, 3.05) is 23.7 Å². The highest BCUT2D eigenvalue weighted by Gasteiger charge is 2.34. The maximum atomic E-state index is 12.5. The Bertz CT molecular complexity index is 927. The fourth-order valence-electron chi connectivity index (χ4n) is 3.14. The van der Waals surface area contributed by atoms with Gasteiger partial charge in [0.15, 0.2) is 6.10 Å². The second-order valence-corrected chi connectivity index (χ2v) is 8.66. The number of nitrogens with zero attached hydrogens (tertiary/aromatic N) is 1. The minimum Gasteiger partial charge on any atom is -0.476 e. The molecule has 7 heteroatoms. The third-order valence-electron chi connectivity index (χ3n) is 4.45. The van der Waals surface area contributed by atoms with E-state index in [0.717, 1.165) is 19.1 Å². The van der Waals surface area contributed by atoms with E-state index in [4.69, 9.17) is 4.74 Å². The predicted molar refractivity (Wildman–Crippen MR) is 106 cm³/mol. The Morgan fingerprint density at radius 1 is 1.22 bits per heavy atom. The van der Waals surface area contributed by atoms with Crippen LogP contribution in [-0.4, -0.2) is 39.8 Å². The minimum absolute atomic E-state index is 0.0282. The summed E-state index contributed by atoms with van der Waals surface area (Å²) in [6, 6.07) is 15.1. The average Bonchev–Trinajstić information content (AvgIpc) is 2.63. The summed E-state index contributed by atoms with van der Waals surface area (Å²) in [7, 11) is -3.50. The van der Waals surface area contributed by atoms with Crippen molar-refractivity contribution in [1.29, 1.82) is 0 Å². The van der Waals surface area contributed by atoms with Crippen LogP contribution < -0.4 is 14.4 Å². The number of sulfonamides is 1. The quantitative estimate of drug-likeness (QED) is 0.771. The molecule has 2 aromatic rings. The number of carbonyl (C=O) groups excluding carboxylic acids is 1. The van der Waals surface area contributed by atoms with E-state index >= 15 is 0 Å². The number of anilines is 1. The first kappa shape index (κ1) is 19.2. The molecule has 1 aliphatic heterocycles. The van der Waals surface area contributed by atoms with E-state index in [1.54, 1.807) is 24.3 Å². The molecule has 1 heterocycles. The van der Waals surface area contributed by atoms with Crippen LogP contribution in [0.1, 0.15) is 17.5 Å². The van der Waals surface area contributed by atoms with Crippen molar-refractivity contribution in [3.8, 4) is 5.75 Å². The van der Waals surface area contributed by atoms with Gasteiger partial charge in [0.1, 0.15) is 5.75 Å². The van der Waals surface area contributed by atoms with Crippen LogP contribution in [0.4, 0.5) is 5.69 Å². The molecule has 2 aromatic carbocycles. The van der Waals surface area contributed by atoms with E-state index in [9.17, 15) is 13.2 Å². The normalized spacial score (nSPS) is 16.4. The second-order valence-electron chi connectivity index (χ2n) is 6.75. The monoisotopic (exact) mass is 388 g/mol. The van der Waals surface area contributed by atoms with Gasteiger partial charge in [-0.25, -0.2) is 8.42 Å². The second kappa shape index (κ2) is 8.00. The number of hydrogen-bond acceptors (Lipinski definition) is 4. The van der Waals surface area contributed by atoms with Gasteiger partial charge in [-0.1, -0.05) is 42.0 Å². The van der Waals surface area contributed by atoms with Gasteiger partial charge < -0.3 is 10.1 Å². The summed E-state index contributed by atoms with van der Waals surface area (Å²) in [6.45, 7) is 2.53. The Kier molecular flexibility index (Phi) is 5.70. The molecule has 0 aromatic heterocycles. The van der Waals surface area contributed by atoms with Crippen molar-refractivity contribution in [3.05, 3.63) is 59.7 Å². The fourth-order valence-corrected chi connectivity index (χ4v) is 4.05. The van der Waals surface area contributed by atoms with Crippen molar-refractivity contribution in [2.24, 2.45) is 0 Å². The van der Waals surface area contributed by atoms with Crippen molar-refractivity contribution in [1.82, 2.24) is 5.32 Å². The van der Waals surface area contributed by atoms with Crippen LogP contribution in [-0.2, 0) is 21.2 Å². The Labute approximate surface area is 160 Å². The molecular formula is C20H24N2O4S. The van der Waals surface area contributed by atoms with Gasteiger partial charge in [-0.2, -0.15) is 0 Å². The SMILES string of the molecule is Cc1cccc(CCCNC(=O)[C@@H]2CN(S(C)(=O)=O)c3ccccc3O2)c1. The van der Waals surface area contributed by atoms with Crippen LogP contribution in [0.5, 0.6) is 5.75 Å². The summed E-state index contributed by atoms with van der Waals surface area (Å²) in [5, 5.41) is 2.85. The predicted octanol–water partition coefficient (Wildman–Crippen LogP) is 2.27. The largest absolute Gasteiger partial charge is 0.476 e. The van der Waals surface area contributed by atoms with Crippen LogP contribution >= 0.6 is 0 Å². The van der Waals surface area contributed by atoms with Gasteiger partial charge in [-0.15, -0.1) is 0 Å². The van der Waals surface area contributed by atoms with Crippen LogP contribution in [0.3, 0.4) is 0 Å². The van der Waals surface area contributed by atoms with Crippen molar-refractivity contribution in [2.45, 2.75) is 25.9 Å². The highest BCUT2D eigenvalue weighted by Crippen LogP contribution is 2.34. The molecule has 1 aliphatic rings. The number of carbonyl (C=O) groups is 1. The molecule has 0 aliphatic carbocycles. The Morgan fingerprint density at radius 2 is 2.00 bits per heavy atom. The molecule has 0 spiro atoms. The third-order valence-corrected chi connectivity index (χ3v) is 5.60. The van der Waals surface area contributed by atoms with Gasteiger partial charge in [0.05, 0.1) is 18.5 Å². The number of nitrogens with one attached hydrogen (secondary N) is 1. The minimum atomic E-state index is -3.50. The number of para-hydroxylation sites is 2. The Hall–Kier alpha value is -2.54. The van der Waals surface area contributed by atoms with E-state index in [1.165, 1.54) is 15.4 Å². The summed E-state index contributed by atoms with van der Waals surface area (Å²) in [4.78, 5) is 12.5. The number of benzene rings is 2. The van der Waals surface area contributed by atoms with E-state index in [1.807, 2.05) is 6.07 Å². The number of hydrogen-bond donors (Lipinski definition) is 1. The van der Waals surface area contributed by atoms with Gasteiger partial charge >= 0.3 is 0 Å². The molecule has 1 amide bonds. The lowest BCUT2D eigenvalue weighted by atomic mass is 10.1. The summed E-state index contributed by atoms with van der Waals surface area (Å²) in [6.07, 6.45) is 1.93. The van der Waals surface area contributed by atoms with Gasteiger partial charge in [0.2, 0.25) is 10.0 Å². The number of aryl methyl sites for hydroxylation is 2. The zero-order valence-electron chi connectivity index (χ0n) is 15.5. The molecule has 0 bridgehead atoms. The molecule has 27 heavy (non-hydrogen) atoms. The lowest BCUT2D eigenvalue weighted by molar-refractivity contribution is -0.127. The average molecular weight is 388 g/mol. The molecule has 0 saturated heterocycles. The first-order valence-electron chi connectivity index (χ1n) is 8.91. The Balaban J connectivity index is 1.59. The fraction of sp³-hybridized carbons (Fsp3) is 0.350. The van der Waals surface area contributed by atoms with Crippen molar-refractivity contribution < 1.29 is 17.9 Å². The molecular weight excluding hydrogens is 364 g/mol. The summed E-state index contributed by atoms with van der Waals surface area (Å²) in [5.41, 5.74) is 2.91. The van der Waals surface area contributed by atoms with E-state index in [2.05, 4.69) is 30.4 Å². The van der Waals surface area contributed by atoms with Gasteiger partial charge in [-0.3, -0.25) is 9.10 Å². The van der Waals surface area contributed by atoms with E-state index < -0.39 is 16.1 Å². The Morgan fingerprint density at radius 3 is 2.74 bits per heavy atom. The highest BCUT2D eigenvalue weighted by molar-refractivity contribution is 7.92. The summed E-state index contributed by atoms with van der Waals surface area (Å²) >= 11 is 0. The van der Waals surface area contributed by atoms with Gasteiger partial charge in [0.25, 0.3) is 5.91 Å². The zero-order chi connectivity index (χ0) is 19.4. The van der Waals surface area contributed by atoms with Gasteiger partial charge in [-0.05, 0) is 37.5 Å². The lowest BCUT2D eigenvalue weighted by Crippen LogP contribution is -2.50. The lowest BCUT2D eigenvalue weighted by Gasteiger charge is -2.33. The molecule has 6 nitrogen and oxygen atoms in total. The van der Waals surface area contributed by atoms with E-state index in [0.29, 0.717) is 18.0 Å². The summed E-state index contributed by atoms with van der Waals surface area (Å²) < 4.78 is 31.2. The molecule has 0 radical (unpaired) electrons. The molecule has 1 atom stereocenters. The molecule has 0 unspecified atom stereocenters. The van der Waals surface area contributed by atoms with Crippen LogP contribution in [0.15, 0.2) is 48.5 Å². The van der Waals surface area contributed by atoms with Crippen molar-refractivity contribution >= 4 is 21.6 Å². The van der Waals surface area contributed by atoms with Crippen LogP contribution in [0, 0.1) is 6.92 Å². The number of rotatable bonds is 6. The highest BCUT2D eigenvalue weighted by atomic mass is 32.2. The van der Waals surface area contributed by atoms with Gasteiger partial charge in [0, 0.05) is 6.54 Å². The molecule has 0 saturated carbocycles. The van der Waals surface area contributed by atoms with Crippen LogP contribution in [0.2, 0.25) is 0 Å². The van der Waals surface area contributed by atoms with Crippen molar-refractivity contribution in [3.63, 3.8) is 0 Å². The summed E-state index contributed by atoms with van der Waals surface area (Å²) in [5.74, 6) is 0.0940. The topological polar surface area (TPSA) is 75.7 Å². The maximum Gasteiger partial charge on any atom is 0.263 e. The maximum absolute atomic E-state index is 12.5. The smallest absolute Gasteiger partial charge is 0.263 e. The van der Waals surface area contributed by atoms with Crippen LogP contribution in [0.25, 0.3) is 0 Å².